The van der Waals surface area contributed by atoms with Gasteiger partial charge in [-0.15, -0.1) is 11.3 Å². The largest absolute Gasteiger partial charge is 0.402 e. The molecule has 1 heterocycles. The van der Waals surface area contributed by atoms with E-state index in [1.54, 1.807) is 13.0 Å². The number of hydrogen-bond donors (Lipinski definition) is 1. The summed E-state index contributed by atoms with van der Waals surface area (Å²) in [7, 11) is 1.10. The van der Waals surface area contributed by atoms with Crippen molar-refractivity contribution in [2.24, 2.45) is 5.92 Å². The Bertz CT molecular complexity index is 394. The van der Waals surface area contributed by atoms with E-state index in [1.165, 1.54) is 6.07 Å². The molecule has 1 N–H and O–H groups in total. The molecule has 1 rings (SSSR count). The summed E-state index contributed by atoms with van der Waals surface area (Å²) in [5.74, 6) is -3.41. The Labute approximate surface area is 110 Å². The molecule has 0 saturated carbocycles. The summed E-state index contributed by atoms with van der Waals surface area (Å²) in [6, 6.07) is 1.05. The van der Waals surface area contributed by atoms with Gasteiger partial charge in [0.05, 0.1) is 6.04 Å². The smallest absolute Gasteiger partial charge is 0.312 e. The number of alkyl halides is 6. The molecular weight excluding hydrogens is 292 g/mol. The Morgan fingerprint density at radius 2 is 1.63 bits per heavy atom. The first kappa shape index (κ1) is 16.3. The summed E-state index contributed by atoms with van der Waals surface area (Å²) in [5, 5.41) is 2.14. The second-order valence-corrected chi connectivity index (χ2v) is 5.18. The highest BCUT2D eigenvalue weighted by molar-refractivity contribution is 7.12. The minimum atomic E-state index is -5.34. The van der Waals surface area contributed by atoms with Gasteiger partial charge in [0.15, 0.2) is 5.92 Å². The molecule has 0 amide bonds. The van der Waals surface area contributed by atoms with E-state index in [0.29, 0.717) is 6.42 Å². The van der Waals surface area contributed by atoms with E-state index in [2.05, 4.69) is 5.32 Å². The molecule has 0 bridgehead atoms. The van der Waals surface area contributed by atoms with Gasteiger partial charge in [-0.2, -0.15) is 26.3 Å². The van der Waals surface area contributed by atoms with Crippen molar-refractivity contribution in [1.82, 2.24) is 5.32 Å². The minimum Gasteiger partial charge on any atom is -0.312 e. The molecule has 19 heavy (non-hydrogen) atoms. The van der Waals surface area contributed by atoms with Crippen molar-refractivity contribution in [3.05, 3.63) is 21.9 Å². The molecule has 1 nitrogen and oxygen atoms in total. The molecule has 0 aromatic carbocycles. The fourth-order valence-corrected chi connectivity index (χ4v) is 2.89. The van der Waals surface area contributed by atoms with E-state index in [4.69, 9.17) is 0 Å². The van der Waals surface area contributed by atoms with Crippen LogP contribution in [-0.4, -0.2) is 19.4 Å². The SMILES string of the molecule is CCc1ccc(C(NC)C(C(F)(F)F)C(F)(F)F)s1. The van der Waals surface area contributed by atoms with E-state index < -0.39 is 24.3 Å². The van der Waals surface area contributed by atoms with Gasteiger partial charge >= 0.3 is 12.4 Å². The lowest BCUT2D eigenvalue weighted by atomic mass is 9.97. The molecule has 1 atom stereocenters. The first-order valence-electron chi connectivity index (χ1n) is 5.50. The van der Waals surface area contributed by atoms with Gasteiger partial charge in [-0.25, -0.2) is 0 Å². The summed E-state index contributed by atoms with van der Waals surface area (Å²) in [6.45, 7) is 1.79. The first-order valence-corrected chi connectivity index (χ1v) is 6.32. The number of rotatable bonds is 4. The molecule has 0 aliphatic rings. The average molecular weight is 305 g/mol. The summed E-state index contributed by atoms with van der Waals surface area (Å²) >= 11 is 0.964. The van der Waals surface area contributed by atoms with Crippen LogP contribution in [-0.2, 0) is 6.42 Å². The Balaban J connectivity index is 3.17. The molecule has 1 aromatic rings. The molecule has 0 saturated heterocycles. The Morgan fingerprint density at radius 3 is 1.95 bits per heavy atom. The van der Waals surface area contributed by atoms with Crippen molar-refractivity contribution in [3.63, 3.8) is 0 Å². The molecule has 1 aromatic heterocycles. The van der Waals surface area contributed by atoms with Crippen molar-refractivity contribution in [2.75, 3.05) is 7.05 Å². The van der Waals surface area contributed by atoms with Crippen LogP contribution in [0.25, 0.3) is 0 Å². The topological polar surface area (TPSA) is 12.0 Å². The molecule has 0 spiro atoms. The molecule has 0 aliphatic carbocycles. The highest BCUT2D eigenvalue weighted by atomic mass is 32.1. The highest BCUT2D eigenvalue weighted by Crippen LogP contribution is 2.47. The zero-order valence-electron chi connectivity index (χ0n) is 10.2. The van der Waals surface area contributed by atoms with Gasteiger partial charge in [-0.05, 0) is 25.6 Å². The van der Waals surface area contributed by atoms with Crippen LogP contribution in [0, 0.1) is 5.92 Å². The quantitative estimate of drug-likeness (QED) is 0.817. The van der Waals surface area contributed by atoms with E-state index in [9.17, 15) is 26.3 Å². The molecule has 110 valence electrons. The summed E-state index contributed by atoms with van der Waals surface area (Å²) in [6.07, 6.45) is -10.1. The van der Waals surface area contributed by atoms with Crippen LogP contribution in [0.2, 0.25) is 0 Å². The monoisotopic (exact) mass is 305 g/mol. The van der Waals surface area contributed by atoms with Gasteiger partial charge in [0.1, 0.15) is 0 Å². The summed E-state index contributed by atoms with van der Waals surface area (Å²) in [5.41, 5.74) is 0. The van der Waals surface area contributed by atoms with Crippen molar-refractivity contribution >= 4 is 11.3 Å². The molecular formula is C11H13F6NS. The van der Waals surface area contributed by atoms with Crippen LogP contribution < -0.4 is 5.32 Å². The zero-order chi connectivity index (χ0) is 14.8. The van der Waals surface area contributed by atoms with Gasteiger partial charge in [0, 0.05) is 9.75 Å². The first-order chi connectivity index (χ1) is 8.61. The van der Waals surface area contributed by atoms with E-state index in [1.807, 2.05) is 0 Å². The van der Waals surface area contributed by atoms with Gasteiger partial charge < -0.3 is 5.32 Å². The van der Waals surface area contributed by atoms with Crippen molar-refractivity contribution in [2.45, 2.75) is 31.7 Å². The lowest BCUT2D eigenvalue weighted by Crippen LogP contribution is -2.44. The normalized spacial score (nSPS) is 15.0. The average Bonchev–Trinajstić information content (AvgIpc) is 2.70. The summed E-state index contributed by atoms with van der Waals surface area (Å²) in [4.78, 5) is 0.789. The predicted octanol–water partition coefficient (Wildman–Crippen LogP) is 4.31. The summed E-state index contributed by atoms with van der Waals surface area (Å²) < 4.78 is 76.0. The second kappa shape index (κ2) is 5.70. The van der Waals surface area contributed by atoms with E-state index >= 15 is 0 Å². The molecule has 0 aliphatic heterocycles. The Morgan fingerprint density at radius 1 is 1.11 bits per heavy atom. The van der Waals surface area contributed by atoms with Crippen LogP contribution in [0.4, 0.5) is 26.3 Å². The molecule has 1 unspecified atom stereocenters. The third kappa shape index (κ3) is 3.85. The van der Waals surface area contributed by atoms with Crippen molar-refractivity contribution in [3.8, 4) is 0 Å². The fourth-order valence-electron chi connectivity index (χ4n) is 1.79. The standard InChI is InChI=1S/C11H13F6NS/c1-3-6-4-5-7(19-6)8(18-2)9(10(12,13)14)11(15,16)17/h4-5,8-9,18H,3H2,1-2H3. The van der Waals surface area contributed by atoms with Crippen molar-refractivity contribution < 1.29 is 26.3 Å². The number of halogens is 6. The third-order valence-electron chi connectivity index (χ3n) is 2.69. The van der Waals surface area contributed by atoms with Gasteiger partial charge in [-0.1, -0.05) is 6.92 Å². The number of aryl methyl sites for hydroxylation is 1. The predicted molar refractivity (Wildman–Crippen MR) is 61.1 cm³/mol. The Hall–Kier alpha value is -0.760. The van der Waals surface area contributed by atoms with Crippen LogP contribution in [0.1, 0.15) is 22.7 Å². The maximum absolute atomic E-state index is 12.7. The van der Waals surface area contributed by atoms with Gasteiger partial charge in [-0.3, -0.25) is 0 Å². The van der Waals surface area contributed by atoms with E-state index in [0.717, 1.165) is 23.3 Å². The van der Waals surface area contributed by atoms with Gasteiger partial charge in [0.25, 0.3) is 0 Å². The molecule has 8 heteroatoms. The maximum atomic E-state index is 12.7. The van der Waals surface area contributed by atoms with Crippen LogP contribution in [0.15, 0.2) is 12.1 Å². The van der Waals surface area contributed by atoms with Crippen LogP contribution in [0.3, 0.4) is 0 Å². The third-order valence-corrected chi connectivity index (χ3v) is 4.00. The maximum Gasteiger partial charge on any atom is 0.402 e. The highest BCUT2D eigenvalue weighted by Gasteiger charge is 2.60. The van der Waals surface area contributed by atoms with Crippen LogP contribution in [0.5, 0.6) is 0 Å². The van der Waals surface area contributed by atoms with Crippen LogP contribution >= 0.6 is 11.3 Å². The molecule has 0 fully saturated rings. The minimum absolute atomic E-state index is 0.0407. The van der Waals surface area contributed by atoms with E-state index in [-0.39, 0.29) is 4.88 Å². The lowest BCUT2D eigenvalue weighted by molar-refractivity contribution is -0.292. The lowest BCUT2D eigenvalue weighted by Gasteiger charge is -2.29. The zero-order valence-corrected chi connectivity index (χ0v) is 11.0. The number of thiophene rings is 1. The Kier molecular flexibility index (Phi) is 4.89. The second-order valence-electron chi connectivity index (χ2n) is 3.98. The fraction of sp³-hybridized carbons (Fsp3) is 0.636. The number of nitrogens with one attached hydrogen (secondary N) is 1. The number of hydrogen-bond acceptors (Lipinski definition) is 2. The van der Waals surface area contributed by atoms with Crippen molar-refractivity contribution in [1.29, 1.82) is 0 Å². The van der Waals surface area contributed by atoms with Gasteiger partial charge in [0.2, 0.25) is 0 Å². The molecule has 0 radical (unpaired) electrons.